The van der Waals surface area contributed by atoms with Crippen LogP contribution >= 0.6 is 0 Å². The van der Waals surface area contributed by atoms with E-state index < -0.39 is 29.7 Å². The van der Waals surface area contributed by atoms with Gasteiger partial charge in [-0.05, 0) is 24.6 Å². The second kappa shape index (κ2) is 7.35. The van der Waals surface area contributed by atoms with Gasteiger partial charge >= 0.3 is 6.61 Å². The normalized spacial score (nSPS) is 13.4. The van der Waals surface area contributed by atoms with Crippen LogP contribution in [0.15, 0.2) is 48.5 Å². The first-order valence-corrected chi connectivity index (χ1v) is 7.10. The predicted molar refractivity (Wildman–Crippen MR) is 82.3 cm³/mol. The summed E-state index contributed by atoms with van der Waals surface area (Å²) in [6.07, 6.45) is -0.256. The Morgan fingerprint density at radius 2 is 1.92 bits per heavy atom. The first-order valence-electron chi connectivity index (χ1n) is 7.10. The van der Waals surface area contributed by atoms with Gasteiger partial charge in [0.1, 0.15) is 0 Å². The molecule has 0 aromatic heterocycles. The lowest BCUT2D eigenvalue weighted by Crippen LogP contribution is -2.28. The molecule has 0 aliphatic heterocycles. The highest BCUT2D eigenvalue weighted by molar-refractivity contribution is 5.91. The molecule has 2 rings (SSSR count). The summed E-state index contributed by atoms with van der Waals surface area (Å²) in [5.41, 5.74) is -0.766. The number of halogens is 3. The van der Waals surface area contributed by atoms with E-state index in [0.29, 0.717) is 5.56 Å². The minimum Gasteiger partial charge on any atom is -0.432 e. The Morgan fingerprint density at radius 3 is 2.50 bits per heavy atom. The standard InChI is InChI=1S/C17H16F3NO3/c1-17(23,11-5-3-2-4-6-11)10-15(22)21-12-7-8-14(13(18)9-12)24-16(19)20/h2-9,16,23H,10H2,1H3,(H,21,22). The summed E-state index contributed by atoms with van der Waals surface area (Å²) < 4.78 is 41.7. The summed E-state index contributed by atoms with van der Waals surface area (Å²) >= 11 is 0. The Bertz CT molecular complexity index is 705. The van der Waals surface area contributed by atoms with Crippen LogP contribution in [0.3, 0.4) is 0 Å². The molecular formula is C17H16F3NO3. The van der Waals surface area contributed by atoms with Gasteiger partial charge in [-0.2, -0.15) is 8.78 Å². The predicted octanol–water partition coefficient (Wildman–Crippen LogP) is 3.66. The highest BCUT2D eigenvalue weighted by Crippen LogP contribution is 2.26. The highest BCUT2D eigenvalue weighted by Gasteiger charge is 2.26. The van der Waals surface area contributed by atoms with E-state index in [1.807, 2.05) is 0 Å². The molecule has 4 nitrogen and oxygen atoms in total. The lowest BCUT2D eigenvalue weighted by atomic mass is 9.92. The maximum Gasteiger partial charge on any atom is 0.387 e. The van der Waals surface area contributed by atoms with Crippen molar-refractivity contribution >= 4 is 11.6 Å². The van der Waals surface area contributed by atoms with Crippen LogP contribution in [0.25, 0.3) is 0 Å². The van der Waals surface area contributed by atoms with E-state index in [0.717, 1.165) is 12.1 Å². The minimum absolute atomic E-state index is 0.0722. The van der Waals surface area contributed by atoms with Crippen molar-refractivity contribution in [2.45, 2.75) is 25.6 Å². The number of rotatable bonds is 6. The summed E-state index contributed by atoms with van der Waals surface area (Å²) in [5.74, 6) is -2.19. The number of nitrogens with one attached hydrogen (secondary N) is 1. The Kier molecular flexibility index (Phi) is 5.46. The minimum atomic E-state index is -3.14. The molecule has 0 bridgehead atoms. The Balaban J connectivity index is 2.03. The van der Waals surface area contributed by atoms with Crippen molar-refractivity contribution in [3.05, 3.63) is 59.9 Å². The zero-order valence-corrected chi connectivity index (χ0v) is 12.8. The molecule has 1 amide bonds. The van der Waals surface area contributed by atoms with Crippen molar-refractivity contribution in [3.63, 3.8) is 0 Å². The largest absolute Gasteiger partial charge is 0.432 e. The molecule has 24 heavy (non-hydrogen) atoms. The maximum atomic E-state index is 13.6. The number of alkyl halides is 2. The van der Waals surface area contributed by atoms with Gasteiger partial charge in [0.25, 0.3) is 0 Å². The van der Waals surface area contributed by atoms with Crippen LogP contribution in [0.4, 0.5) is 18.9 Å². The van der Waals surface area contributed by atoms with Crippen molar-refractivity contribution in [1.82, 2.24) is 0 Å². The molecule has 2 N–H and O–H groups in total. The fourth-order valence-corrected chi connectivity index (χ4v) is 2.19. The van der Waals surface area contributed by atoms with Crippen molar-refractivity contribution < 1.29 is 27.8 Å². The molecule has 2 aromatic rings. The van der Waals surface area contributed by atoms with E-state index in [2.05, 4.69) is 10.1 Å². The Labute approximate surface area is 136 Å². The van der Waals surface area contributed by atoms with Crippen LogP contribution in [0.5, 0.6) is 5.75 Å². The SMILES string of the molecule is CC(O)(CC(=O)Nc1ccc(OC(F)F)c(F)c1)c1ccccc1. The molecule has 0 aliphatic carbocycles. The number of carbonyl (C=O) groups excluding carboxylic acids is 1. The van der Waals surface area contributed by atoms with E-state index in [-0.39, 0.29) is 12.1 Å². The van der Waals surface area contributed by atoms with E-state index in [4.69, 9.17) is 0 Å². The topological polar surface area (TPSA) is 58.6 Å². The molecule has 2 aromatic carbocycles. The lowest BCUT2D eigenvalue weighted by molar-refractivity contribution is -0.120. The van der Waals surface area contributed by atoms with Gasteiger partial charge in [-0.3, -0.25) is 4.79 Å². The van der Waals surface area contributed by atoms with E-state index >= 15 is 0 Å². The average Bonchev–Trinajstić information content (AvgIpc) is 2.50. The molecule has 0 aliphatic rings. The Hall–Kier alpha value is -2.54. The van der Waals surface area contributed by atoms with Crippen LogP contribution in [-0.2, 0) is 10.4 Å². The first-order chi connectivity index (χ1) is 11.3. The molecule has 0 saturated heterocycles. The number of ether oxygens (including phenoxy) is 1. The van der Waals surface area contributed by atoms with Gasteiger partial charge in [-0.1, -0.05) is 30.3 Å². The van der Waals surface area contributed by atoms with Crippen LogP contribution in [0.1, 0.15) is 18.9 Å². The first kappa shape index (κ1) is 17.8. The molecular weight excluding hydrogens is 323 g/mol. The number of aliphatic hydroxyl groups is 1. The number of amides is 1. The molecule has 0 heterocycles. The second-order valence-electron chi connectivity index (χ2n) is 5.39. The molecule has 7 heteroatoms. The summed E-state index contributed by atoms with van der Waals surface area (Å²) in [4.78, 5) is 12.0. The zero-order valence-electron chi connectivity index (χ0n) is 12.8. The van der Waals surface area contributed by atoms with Gasteiger partial charge in [0.15, 0.2) is 11.6 Å². The van der Waals surface area contributed by atoms with Gasteiger partial charge in [0.05, 0.1) is 12.0 Å². The summed E-state index contributed by atoms with van der Waals surface area (Å²) in [6.45, 7) is -1.65. The third-order valence-corrected chi connectivity index (χ3v) is 3.33. The quantitative estimate of drug-likeness (QED) is 0.844. The lowest BCUT2D eigenvalue weighted by Gasteiger charge is -2.23. The summed E-state index contributed by atoms with van der Waals surface area (Å²) in [7, 11) is 0. The van der Waals surface area contributed by atoms with Crippen LogP contribution < -0.4 is 10.1 Å². The van der Waals surface area contributed by atoms with E-state index in [1.54, 1.807) is 30.3 Å². The smallest absolute Gasteiger partial charge is 0.387 e. The van der Waals surface area contributed by atoms with Gasteiger partial charge in [-0.25, -0.2) is 4.39 Å². The van der Waals surface area contributed by atoms with Crippen molar-refractivity contribution in [1.29, 1.82) is 0 Å². The van der Waals surface area contributed by atoms with Crippen molar-refractivity contribution in [2.24, 2.45) is 0 Å². The van der Waals surface area contributed by atoms with Crippen LogP contribution in [0, 0.1) is 5.82 Å². The average molecular weight is 339 g/mol. The number of benzene rings is 2. The maximum absolute atomic E-state index is 13.6. The third-order valence-electron chi connectivity index (χ3n) is 3.33. The van der Waals surface area contributed by atoms with E-state index in [1.165, 1.54) is 13.0 Å². The van der Waals surface area contributed by atoms with Gasteiger partial charge in [0.2, 0.25) is 5.91 Å². The van der Waals surface area contributed by atoms with Gasteiger partial charge in [-0.15, -0.1) is 0 Å². The Morgan fingerprint density at radius 1 is 1.25 bits per heavy atom. The molecule has 1 unspecified atom stereocenters. The van der Waals surface area contributed by atoms with Gasteiger partial charge < -0.3 is 15.2 Å². The third kappa shape index (κ3) is 4.73. The molecule has 1 atom stereocenters. The van der Waals surface area contributed by atoms with Crippen LogP contribution in [0.2, 0.25) is 0 Å². The zero-order chi connectivity index (χ0) is 17.7. The number of hydrogen-bond donors (Lipinski definition) is 2. The molecule has 0 fully saturated rings. The van der Waals surface area contributed by atoms with Crippen molar-refractivity contribution in [3.8, 4) is 5.75 Å². The molecule has 0 radical (unpaired) electrons. The summed E-state index contributed by atoms with van der Waals surface area (Å²) in [6, 6.07) is 11.7. The fraction of sp³-hybridized carbons (Fsp3) is 0.235. The molecule has 0 spiro atoms. The molecule has 0 saturated carbocycles. The molecule has 128 valence electrons. The number of hydrogen-bond acceptors (Lipinski definition) is 3. The fourth-order valence-electron chi connectivity index (χ4n) is 2.19. The number of anilines is 1. The highest BCUT2D eigenvalue weighted by atomic mass is 19.3. The monoisotopic (exact) mass is 339 g/mol. The van der Waals surface area contributed by atoms with Gasteiger partial charge in [0, 0.05) is 11.8 Å². The number of carbonyl (C=O) groups is 1. The second-order valence-corrected chi connectivity index (χ2v) is 5.39. The summed E-state index contributed by atoms with van der Waals surface area (Å²) in [5, 5.41) is 12.8. The van der Waals surface area contributed by atoms with E-state index in [9.17, 15) is 23.1 Å². The van der Waals surface area contributed by atoms with Crippen LogP contribution in [-0.4, -0.2) is 17.6 Å². The van der Waals surface area contributed by atoms with Crippen molar-refractivity contribution in [2.75, 3.05) is 5.32 Å².